The first-order valence-electron chi connectivity index (χ1n) is 9.52. The summed E-state index contributed by atoms with van der Waals surface area (Å²) in [6.45, 7) is 7.53. The average Bonchev–Trinajstić information content (AvgIpc) is 3.17. The van der Waals surface area contributed by atoms with Gasteiger partial charge < -0.3 is 10.0 Å². The number of amides is 3. The Morgan fingerprint density at radius 1 is 1.07 bits per heavy atom. The molecule has 0 aliphatic carbocycles. The van der Waals surface area contributed by atoms with E-state index in [2.05, 4.69) is 10.2 Å². The Balaban J connectivity index is 1.76. The number of aromatic nitrogens is 3. The van der Waals surface area contributed by atoms with Gasteiger partial charge in [-0.25, -0.2) is 4.79 Å². The molecule has 3 amide bonds. The second-order valence-electron chi connectivity index (χ2n) is 7.75. The van der Waals surface area contributed by atoms with Crippen LogP contribution in [0.1, 0.15) is 31.9 Å². The number of rotatable bonds is 4. The molecule has 1 aliphatic rings. The van der Waals surface area contributed by atoms with Crippen molar-refractivity contribution in [2.75, 3.05) is 6.54 Å². The van der Waals surface area contributed by atoms with E-state index in [1.54, 1.807) is 26.8 Å². The van der Waals surface area contributed by atoms with Crippen LogP contribution < -0.4 is 0 Å². The number of imide groups is 1. The quantitative estimate of drug-likeness (QED) is 0.688. The highest BCUT2D eigenvalue weighted by Gasteiger charge is 2.50. The lowest BCUT2D eigenvalue weighted by molar-refractivity contribution is -0.131. The van der Waals surface area contributed by atoms with Crippen LogP contribution in [0.25, 0.3) is 16.7 Å². The first-order valence-corrected chi connectivity index (χ1v) is 9.52. The number of carbonyl (C=O) groups is 2. The molecule has 0 saturated carbocycles. The van der Waals surface area contributed by atoms with E-state index in [0.29, 0.717) is 17.8 Å². The summed E-state index contributed by atoms with van der Waals surface area (Å²) in [5.41, 5.74) is 2.30. The molecule has 29 heavy (non-hydrogen) atoms. The van der Waals surface area contributed by atoms with E-state index in [4.69, 9.17) is 0 Å². The summed E-state index contributed by atoms with van der Waals surface area (Å²) in [7, 11) is 0. The molecule has 1 aliphatic heterocycles. The molecule has 8 nitrogen and oxygen atoms in total. The van der Waals surface area contributed by atoms with Crippen LogP contribution in [-0.2, 0) is 11.3 Å². The van der Waals surface area contributed by atoms with Crippen molar-refractivity contribution < 1.29 is 14.7 Å². The van der Waals surface area contributed by atoms with Gasteiger partial charge in [0, 0.05) is 12.1 Å². The molecule has 0 spiro atoms. The number of fused-ring (bicyclic) bond motifs is 1. The maximum atomic E-state index is 12.8. The maximum Gasteiger partial charge on any atom is 0.327 e. The molecule has 4 rings (SSSR count). The third kappa shape index (κ3) is 2.91. The number of carbonyl (C=O) groups excluding carboxylic acids is 2. The zero-order valence-electron chi connectivity index (χ0n) is 16.9. The van der Waals surface area contributed by atoms with Crippen molar-refractivity contribution in [1.29, 1.82) is 0 Å². The van der Waals surface area contributed by atoms with Gasteiger partial charge in [0.25, 0.3) is 5.91 Å². The van der Waals surface area contributed by atoms with Crippen LogP contribution in [-0.4, -0.2) is 53.9 Å². The first kappa shape index (κ1) is 18.9. The topological polar surface area (TPSA) is 91.6 Å². The molecular formula is C21H23N5O3. The number of benzene rings is 2. The monoisotopic (exact) mass is 393 g/mol. The average molecular weight is 393 g/mol. The van der Waals surface area contributed by atoms with Crippen molar-refractivity contribution in [2.45, 2.75) is 39.8 Å². The molecular weight excluding hydrogens is 370 g/mol. The predicted molar refractivity (Wildman–Crippen MR) is 108 cm³/mol. The minimum Gasteiger partial charge on any atom is -0.505 e. The van der Waals surface area contributed by atoms with Crippen LogP contribution in [0, 0.1) is 6.92 Å². The number of urea groups is 1. The lowest BCUT2D eigenvalue weighted by Crippen LogP contribution is -2.43. The van der Waals surface area contributed by atoms with Gasteiger partial charge in [-0.05, 0) is 51.5 Å². The van der Waals surface area contributed by atoms with E-state index in [0.717, 1.165) is 16.6 Å². The van der Waals surface area contributed by atoms with Gasteiger partial charge in [-0.1, -0.05) is 18.2 Å². The molecule has 0 radical (unpaired) electrons. The Hall–Kier alpha value is -3.42. The Morgan fingerprint density at radius 3 is 2.24 bits per heavy atom. The van der Waals surface area contributed by atoms with Gasteiger partial charge in [-0.3, -0.25) is 9.69 Å². The highest BCUT2D eigenvalue weighted by atomic mass is 16.3. The normalized spacial score (nSPS) is 16.3. The third-order valence-corrected chi connectivity index (χ3v) is 5.37. The zero-order chi connectivity index (χ0) is 20.9. The summed E-state index contributed by atoms with van der Waals surface area (Å²) in [5.74, 6) is -0.251. The number of aromatic hydroxyl groups is 1. The summed E-state index contributed by atoms with van der Waals surface area (Å²) in [4.78, 5) is 29.5. The second kappa shape index (κ2) is 6.58. The van der Waals surface area contributed by atoms with Crippen LogP contribution >= 0.6 is 0 Å². The molecule has 2 aromatic carbocycles. The van der Waals surface area contributed by atoms with Crippen molar-refractivity contribution in [2.24, 2.45) is 0 Å². The highest BCUT2D eigenvalue weighted by Crippen LogP contribution is 2.34. The summed E-state index contributed by atoms with van der Waals surface area (Å²) < 4.78 is 0. The number of aryl methyl sites for hydroxylation is 1. The Bertz CT molecular complexity index is 1100. The van der Waals surface area contributed by atoms with Gasteiger partial charge >= 0.3 is 6.03 Å². The van der Waals surface area contributed by atoms with Crippen LogP contribution in [0.5, 0.6) is 5.75 Å². The maximum absolute atomic E-state index is 12.8. The summed E-state index contributed by atoms with van der Waals surface area (Å²) >= 11 is 0. The van der Waals surface area contributed by atoms with Crippen LogP contribution in [0.15, 0.2) is 36.4 Å². The third-order valence-electron chi connectivity index (χ3n) is 5.37. The molecule has 3 aromatic rings. The summed E-state index contributed by atoms with van der Waals surface area (Å²) in [6.07, 6.45) is 0. The van der Waals surface area contributed by atoms with E-state index in [-0.39, 0.29) is 24.2 Å². The lowest BCUT2D eigenvalue weighted by Gasteiger charge is -2.28. The molecule has 8 heteroatoms. The summed E-state index contributed by atoms with van der Waals surface area (Å²) in [6, 6.07) is 10.7. The number of nitrogens with zero attached hydrogens (tertiary/aromatic N) is 5. The van der Waals surface area contributed by atoms with Crippen molar-refractivity contribution in [3.05, 3.63) is 47.5 Å². The molecule has 0 atom stereocenters. The van der Waals surface area contributed by atoms with E-state index in [9.17, 15) is 14.7 Å². The Labute approximate surface area is 168 Å². The number of likely N-dealkylation sites (N-methyl/N-ethyl adjacent to an activating group) is 1. The van der Waals surface area contributed by atoms with Gasteiger partial charge in [0.1, 0.15) is 28.0 Å². The first-order chi connectivity index (χ1) is 13.7. The molecule has 0 bridgehead atoms. The van der Waals surface area contributed by atoms with E-state index in [1.807, 2.05) is 37.3 Å². The highest BCUT2D eigenvalue weighted by molar-refractivity contribution is 6.06. The Morgan fingerprint density at radius 2 is 1.69 bits per heavy atom. The van der Waals surface area contributed by atoms with Gasteiger partial charge in [0.15, 0.2) is 0 Å². The minimum atomic E-state index is -0.984. The van der Waals surface area contributed by atoms with Crippen molar-refractivity contribution in [1.82, 2.24) is 24.8 Å². The van der Waals surface area contributed by atoms with Crippen molar-refractivity contribution in [3.8, 4) is 11.4 Å². The number of hydrogen-bond donors (Lipinski definition) is 1. The largest absolute Gasteiger partial charge is 0.505 e. The smallest absolute Gasteiger partial charge is 0.327 e. The van der Waals surface area contributed by atoms with Crippen LogP contribution in [0.2, 0.25) is 0 Å². The van der Waals surface area contributed by atoms with E-state index < -0.39 is 5.54 Å². The van der Waals surface area contributed by atoms with Gasteiger partial charge in [-0.15, -0.1) is 15.0 Å². The fourth-order valence-electron chi connectivity index (χ4n) is 3.71. The summed E-state index contributed by atoms with van der Waals surface area (Å²) in [5, 5.41) is 19.8. The fraction of sp³-hybridized carbons (Fsp3) is 0.333. The van der Waals surface area contributed by atoms with Crippen molar-refractivity contribution in [3.63, 3.8) is 0 Å². The number of phenolic OH excluding ortho intramolecular Hbond substituents is 1. The van der Waals surface area contributed by atoms with Crippen molar-refractivity contribution >= 4 is 23.0 Å². The molecule has 1 fully saturated rings. The SMILES string of the molecule is CCN1C(=O)N(Cc2cc(C)cc(-n3nc4ccccc4n3)c2O)C(C)(C)C1=O. The van der Waals surface area contributed by atoms with Gasteiger partial charge in [0.2, 0.25) is 0 Å². The molecule has 0 unspecified atom stereocenters. The lowest BCUT2D eigenvalue weighted by atomic mass is 10.0. The molecule has 1 aromatic heterocycles. The van der Waals surface area contributed by atoms with Gasteiger partial charge in [0.05, 0.1) is 6.54 Å². The fourth-order valence-corrected chi connectivity index (χ4v) is 3.71. The standard InChI is InChI=1S/C21H23N5O3/c1-5-24-19(28)21(3,4)25(20(24)29)12-14-10-13(2)11-17(18(14)27)26-22-15-8-6-7-9-16(15)23-26/h6-11,27H,5,12H2,1-4H3. The van der Waals surface area contributed by atoms with E-state index >= 15 is 0 Å². The molecule has 1 N–H and O–H groups in total. The number of hydrogen-bond acceptors (Lipinski definition) is 5. The molecule has 1 saturated heterocycles. The minimum absolute atomic E-state index is 0.0121. The molecule has 2 heterocycles. The predicted octanol–water partition coefficient (Wildman–Crippen LogP) is 3.00. The zero-order valence-corrected chi connectivity index (χ0v) is 16.9. The van der Waals surface area contributed by atoms with Crippen LogP contribution in [0.4, 0.5) is 4.79 Å². The number of phenols is 1. The van der Waals surface area contributed by atoms with Gasteiger partial charge in [-0.2, -0.15) is 0 Å². The van der Waals surface area contributed by atoms with E-state index in [1.165, 1.54) is 14.6 Å². The second-order valence-corrected chi connectivity index (χ2v) is 7.75. The van der Waals surface area contributed by atoms with Crippen LogP contribution in [0.3, 0.4) is 0 Å². The Kier molecular flexibility index (Phi) is 4.29. The molecule has 150 valence electrons.